The van der Waals surface area contributed by atoms with Gasteiger partial charge in [-0.3, -0.25) is 4.79 Å². The van der Waals surface area contributed by atoms with Gasteiger partial charge < -0.3 is 14.5 Å². The Balaban J connectivity index is 1.67. The number of nitrogens with zero attached hydrogens (tertiary/aromatic N) is 3. The number of piperazine rings is 1. The summed E-state index contributed by atoms with van der Waals surface area (Å²) >= 11 is 1.57. The lowest BCUT2D eigenvalue weighted by Crippen LogP contribution is -2.54. The summed E-state index contributed by atoms with van der Waals surface area (Å²) in [6.45, 7) is 8.65. The van der Waals surface area contributed by atoms with E-state index in [-0.39, 0.29) is 11.9 Å². The second kappa shape index (κ2) is 7.44. The first-order valence-corrected chi connectivity index (χ1v) is 9.53. The Morgan fingerprint density at radius 1 is 1.28 bits per heavy atom. The highest BCUT2D eigenvalue weighted by Gasteiger charge is 2.29. The standard InChI is InChI=1S/C19H25N3O2S/c1-13(2)18-20-17(12-25-18)19(23)22-10-9-21(11-14(22)3)15-5-7-16(24-4)8-6-15/h5-8,12-14H,9-11H2,1-4H3/t14-/m0/s1. The number of hydrogen-bond acceptors (Lipinski definition) is 5. The minimum atomic E-state index is 0.0463. The van der Waals surface area contributed by atoms with Crippen molar-refractivity contribution in [1.82, 2.24) is 9.88 Å². The number of ether oxygens (including phenoxy) is 1. The third kappa shape index (κ3) is 3.79. The molecule has 0 aliphatic carbocycles. The third-order valence-electron chi connectivity index (χ3n) is 4.56. The van der Waals surface area contributed by atoms with E-state index in [2.05, 4.69) is 42.8 Å². The SMILES string of the molecule is COc1ccc(N2CCN(C(=O)c3csc(C(C)C)n3)[C@@H](C)C2)cc1. The average molecular weight is 359 g/mol. The first-order valence-electron chi connectivity index (χ1n) is 8.65. The van der Waals surface area contributed by atoms with E-state index in [4.69, 9.17) is 4.74 Å². The number of amides is 1. The molecule has 1 atom stereocenters. The molecule has 1 aliphatic heterocycles. The zero-order valence-corrected chi connectivity index (χ0v) is 16.0. The van der Waals surface area contributed by atoms with Gasteiger partial charge in [-0.05, 0) is 31.2 Å². The molecule has 2 heterocycles. The van der Waals surface area contributed by atoms with E-state index in [1.54, 1.807) is 18.4 Å². The van der Waals surface area contributed by atoms with E-state index in [1.807, 2.05) is 22.4 Å². The van der Waals surface area contributed by atoms with Crippen LogP contribution in [0.25, 0.3) is 0 Å². The van der Waals surface area contributed by atoms with Gasteiger partial charge in [-0.1, -0.05) is 13.8 Å². The zero-order chi connectivity index (χ0) is 18.0. The van der Waals surface area contributed by atoms with Crippen molar-refractivity contribution in [2.75, 3.05) is 31.6 Å². The monoisotopic (exact) mass is 359 g/mol. The van der Waals surface area contributed by atoms with Crippen molar-refractivity contribution in [1.29, 1.82) is 0 Å². The lowest BCUT2D eigenvalue weighted by Gasteiger charge is -2.40. The fourth-order valence-corrected chi connectivity index (χ4v) is 3.89. The highest BCUT2D eigenvalue weighted by molar-refractivity contribution is 7.09. The Morgan fingerprint density at radius 2 is 2.00 bits per heavy atom. The van der Waals surface area contributed by atoms with Crippen LogP contribution in [0.15, 0.2) is 29.6 Å². The molecule has 2 aromatic rings. The molecule has 0 spiro atoms. The number of thiazole rings is 1. The van der Waals surface area contributed by atoms with Gasteiger partial charge in [0.25, 0.3) is 5.91 Å². The first kappa shape index (κ1) is 17.7. The largest absolute Gasteiger partial charge is 0.497 e. The highest BCUT2D eigenvalue weighted by atomic mass is 32.1. The maximum absolute atomic E-state index is 12.8. The summed E-state index contributed by atoms with van der Waals surface area (Å²) in [5.74, 6) is 1.26. The van der Waals surface area contributed by atoms with Crippen LogP contribution in [0.5, 0.6) is 5.75 Å². The molecular formula is C19H25N3O2S. The van der Waals surface area contributed by atoms with Crippen LogP contribution in [0.3, 0.4) is 0 Å². The molecule has 0 radical (unpaired) electrons. The van der Waals surface area contributed by atoms with Crippen molar-refractivity contribution in [2.45, 2.75) is 32.7 Å². The van der Waals surface area contributed by atoms with Crippen molar-refractivity contribution in [3.8, 4) is 5.75 Å². The molecule has 0 bridgehead atoms. The quantitative estimate of drug-likeness (QED) is 0.836. The van der Waals surface area contributed by atoms with Crippen LogP contribution in [-0.4, -0.2) is 48.6 Å². The minimum absolute atomic E-state index is 0.0463. The molecule has 1 saturated heterocycles. The molecule has 1 amide bonds. The van der Waals surface area contributed by atoms with Gasteiger partial charge in [0.05, 0.1) is 12.1 Å². The molecule has 134 valence electrons. The Labute approximate surface area is 153 Å². The maximum atomic E-state index is 12.8. The van der Waals surface area contributed by atoms with E-state index >= 15 is 0 Å². The molecule has 1 aliphatic rings. The molecule has 6 heteroatoms. The van der Waals surface area contributed by atoms with Crippen molar-refractivity contribution in [3.63, 3.8) is 0 Å². The summed E-state index contributed by atoms with van der Waals surface area (Å²) in [5.41, 5.74) is 1.74. The first-order chi connectivity index (χ1) is 12.0. The van der Waals surface area contributed by atoms with Gasteiger partial charge in [0.15, 0.2) is 0 Å². The van der Waals surface area contributed by atoms with Gasteiger partial charge in [-0.25, -0.2) is 4.98 Å². The minimum Gasteiger partial charge on any atom is -0.497 e. The van der Waals surface area contributed by atoms with Crippen LogP contribution >= 0.6 is 11.3 Å². The maximum Gasteiger partial charge on any atom is 0.273 e. The van der Waals surface area contributed by atoms with Crippen LogP contribution in [0.2, 0.25) is 0 Å². The number of hydrogen-bond donors (Lipinski definition) is 0. The Hall–Kier alpha value is -2.08. The fourth-order valence-electron chi connectivity index (χ4n) is 3.09. The number of benzene rings is 1. The van der Waals surface area contributed by atoms with Crippen LogP contribution in [-0.2, 0) is 0 Å². The zero-order valence-electron chi connectivity index (χ0n) is 15.2. The number of carbonyl (C=O) groups excluding carboxylic acids is 1. The molecule has 1 aromatic heterocycles. The average Bonchev–Trinajstić information content (AvgIpc) is 3.11. The predicted molar refractivity (Wildman–Crippen MR) is 102 cm³/mol. The lowest BCUT2D eigenvalue weighted by atomic mass is 10.1. The Bertz CT molecular complexity index is 727. The summed E-state index contributed by atoms with van der Waals surface area (Å²) in [7, 11) is 1.67. The topological polar surface area (TPSA) is 45.7 Å². The summed E-state index contributed by atoms with van der Waals surface area (Å²) in [6.07, 6.45) is 0. The predicted octanol–water partition coefficient (Wildman–Crippen LogP) is 3.63. The number of rotatable bonds is 4. The van der Waals surface area contributed by atoms with Crippen LogP contribution in [0.4, 0.5) is 5.69 Å². The van der Waals surface area contributed by atoms with Crippen LogP contribution in [0.1, 0.15) is 42.2 Å². The second-order valence-electron chi connectivity index (χ2n) is 6.72. The highest BCUT2D eigenvalue weighted by Crippen LogP contribution is 2.24. The molecule has 0 N–H and O–H groups in total. The molecule has 1 aromatic carbocycles. The van der Waals surface area contributed by atoms with Crippen molar-refractivity contribution < 1.29 is 9.53 Å². The van der Waals surface area contributed by atoms with Gasteiger partial charge in [0, 0.05) is 42.7 Å². The summed E-state index contributed by atoms with van der Waals surface area (Å²) in [4.78, 5) is 21.6. The molecule has 5 nitrogen and oxygen atoms in total. The molecular weight excluding hydrogens is 334 g/mol. The lowest BCUT2D eigenvalue weighted by molar-refractivity contribution is 0.0668. The number of methoxy groups -OCH3 is 1. The third-order valence-corrected chi connectivity index (χ3v) is 5.71. The van der Waals surface area contributed by atoms with Gasteiger partial charge in [-0.2, -0.15) is 0 Å². The van der Waals surface area contributed by atoms with Gasteiger partial charge in [0.2, 0.25) is 0 Å². The van der Waals surface area contributed by atoms with Crippen molar-refractivity contribution in [3.05, 3.63) is 40.3 Å². The second-order valence-corrected chi connectivity index (χ2v) is 7.61. The van der Waals surface area contributed by atoms with E-state index < -0.39 is 0 Å². The normalized spacial score (nSPS) is 17.9. The van der Waals surface area contributed by atoms with Crippen molar-refractivity contribution >= 4 is 22.9 Å². The van der Waals surface area contributed by atoms with E-state index in [0.29, 0.717) is 18.2 Å². The molecule has 1 fully saturated rings. The van der Waals surface area contributed by atoms with E-state index in [0.717, 1.165) is 29.5 Å². The summed E-state index contributed by atoms with van der Waals surface area (Å²) in [5, 5.41) is 2.91. The summed E-state index contributed by atoms with van der Waals surface area (Å²) in [6, 6.07) is 8.23. The van der Waals surface area contributed by atoms with Crippen LogP contribution < -0.4 is 9.64 Å². The van der Waals surface area contributed by atoms with Gasteiger partial charge >= 0.3 is 0 Å². The number of carbonyl (C=O) groups is 1. The van der Waals surface area contributed by atoms with Gasteiger partial charge in [-0.15, -0.1) is 11.3 Å². The number of aromatic nitrogens is 1. The van der Waals surface area contributed by atoms with Crippen LogP contribution in [0, 0.1) is 0 Å². The smallest absolute Gasteiger partial charge is 0.273 e. The Morgan fingerprint density at radius 3 is 2.56 bits per heavy atom. The van der Waals surface area contributed by atoms with E-state index in [1.165, 1.54) is 0 Å². The van der Waals surface area contributed by atoms with Gasteiger partial charge in [0.1, 0.15) is 11.4 Å². The summed E-state index contributed by atoms with van der Waals surface area (Å²) < 4.78 is 5.22. The van der Waals surface area contributed by atoms with Crippen molar-refractivity contribution in [2.24, 2.45) is 0 Å². The Kier molecular flexibility index (Phi) is 5.27. The fraction of sp³-hybridized carbons (Fsp3) is 0.474. The molecule has 3 rings (SSSR count). The molecule has 0 unspecified atom stereocenters. The molecule has 0 saturated carbocycles. The molecule has 25 heavy (non-hydrogen) atoms. The number of anilines is 1. The van der Waals surface area contributed by atoms with E-state index in [9.17, 15) is 4.79 Å².